The first-order valence-corrected chi connectivity index (χ1v) is 8.87. The molecule has 1 aromatic rings. The molecule has 1 fully saturated rings. The number of aromatic nitrogens is 2. The zero-order chi connectivity index (χ0) is 17.0. The standard InChI is InChI=1S/C15H23IN4O3/c1-9(2)12(19-15(22)23-3)14(21)20-7-5-4-6-10(20)13-17-8-11(16)18-13/h8-10,12H,4-7H2,1-3H3,(H,17,18)(H,19,22)/t10-,12-/m0/s1. The Labute approximate surface area is 149 Å². The van der Waals surface area contributed by atoms with E-state index >= 15 is 0 Å². The normalized spacial score (nSPS) is 19.5. The Bertz CT molecular complexity index is 561. The minimum atomic E-state index is -0.600. The second-order valence-electron chi connectivity index (χ2n) is 6.02. The molecule has 2 heterocycles. The van der Waals surface area contributed by atoms with Crippen molar-refractivity contribution in [2.45, 2.75) is 45.2 Å². The SMILES string of the molecule is COC(=O)N[C@H](C(=O)N1CCCC[C@H]1c1ncc(I)[nH]1)C(C)C. The highest BCUT2D eigenvalue weighted by Crippen LogP contribution is 2.30. The van der Waals surface area contributed by atoms with Gasteiger partial charge in [-0.15, -0.1) is 0 Å². The van der Waals surface area contributed by atoms with Gasteiger partial charge >= 0.3 is 6.09 Å². The molecule has 23 heavy (non-hydrogen) atoms. The van der Waals surface area contributed by atoms with Crippen LogP contribution in [-0.2, 0) is 9.53 Å². The van der Waals surface area contributed by atoms with Crippen LogP contribution < -0.4 is 5.32 Å². The van der Waals surface area contributed by atoms with Gasteiger partial charge in [-0.25, -0.2) is 9.78 Å². The van der Waals surface area contributed by atoms with E-state index in [0.717, 1.165) is 28.8 Å². The third-order valence-electron chi connectivity index (χ3n) is 4.06. The molecule has 128 valence electrons. The molecule has 7 nitrogen and oxygen atoms in total. The summed E-state index contributed by atoms with van der Waals surface area (Å²) in [6.45, 7) is 4.49. The van der Waals surface area contributed by atoms with E-state index in [4.69, 9.17) is 0 Å². The average Bonchev–Trinajstić information content (AvgIpc) is 2.97. The molecular weight excluding hydrogens is 411 g/mol. The van der Waals surface area contributed by atoms with Crippen LogP contribution in [0.1, 0.15) is 45.0 Å². The summed E-state index contributed by atoms with van der Waals surface area (Å²) in [5.41, 5.74) is 0. The van der Waals surface area contributed by atoms with E-state index in [-0.39, 0.29) is 17.9 Å². The van der Waals surface area contributed by atoms with Gasteiger partial charge in [0.05, 0.1) is 23.0 Å². The number of carbonyl (C=O) groups is 2. The largest absolute Gasteiger partial charge is 0.453 e. The molecule has 1 aromatic heterocycles. The molecular formula is C15H23IN4O3. The lowest BCUT2D eigenvalue weighted by molar-refractivity contribution is -0.138. The number of methoxy groups -OCH3 is 1. The Morgan fingerprint density at radius 1 is 1.48 bits per heavy atom. The lowest BCUT2D eigenvalue weighted by atomic mass is 9.97. The summed E-state index contributed by atoms with van der Waals surface area (Å²) >= 11 is 2.17. The molecule has 0 aliphatic carbocycles. The highest BCUT2D eigenvalue weighted by molar-refractivity contribution is 14.1. The Hall–Kier alpha value is -1.32. The molecule has 1 aliphatic rings. The van der Waals surface area contributed by atoms with Crippen LogP contribution in [0.3, 0.4) is 0 Å². The van der Waals surface area contributed by atoms with Crippen LogP contribution in [0, 0.1) is 9.62 Å². The van der Waals surface area contributed by atoms with Crippen molar-refractivity contribution < 1.29 is 14.3 Å². The van der Waals surface area contributed by atoms with Crippen molar-refractivity contribution in [1.29, 1.82) is 0 Å². The van der Waals surface area contributed by atoms with E-state index in [9.17, 15) is 9.59 Å². The van der Waals surface area contributed by atoms with Crippen LogP contribution >= 0.6 is 22.6 Å². The number of alkyl carbamates (subject to hydrolysis) is 1. The molecule has 0 bridgehead atoms. The quantitative estimate of drug-likeness (QED) is 0.713. The van der Waals surface area contributed by atoms with E-state index in [1.54, 1.807) is 6.20 Å². The highest BCUT2D eigenvalue weighted by Gasteiger charge is 2.35. The zero-order valence-electron chi connectivity index (χ0n) is 13.6. The lowest BCUT2D eigenvalue weighted by Crippen LogP contribution is -2.53. The number of aromatic amines is 1. The molecule has 0 saturated carbocycles. The Kier molecular flexibility index (Phi) is 6.25. The number of carbonyl (C=O) groups excluding carboxylic acids is 2. The van der Waals surface area contributed by atoms with Gasteiger partial charge in [0.25, 0.3) is 0 Å². The van der Waals surface area contributed by atoms with Crippen molar-refractivity contribution in [2.75, 3.05) is 13.7 Å². The maximum Gasteiger partial charge on any atom is 0.407 e. The molecule has 0 aromatic carbocycles. The van der Waals surface area contributed by atoms with Gasteiger partial charge in [-0.05, 0) is 47.8 Å². The van der Waals surface area contributed by atoms with Crippen molar-refractivity contribution in [2.24, 2.45) is 5.92 Å². The van der Waals surface area contributed by atoms with E-state index in [2.05, 4.69) is 42.6 Å². The van der Waals surface area contributed by atoms with Crippen molar-refractivity contribution in [3.63, 3.8) is 0 Å². The molecule has 1 saturated heterocycles. The van der Waals surface area contributed by atoms with E-state index in [1.807, 2.05) is 18.7 Å². The molecule has 1 aliphatic heterocycles. The number of hydrogen-bond acceptors (Lipinski definition) is 4. The van der Waals surface area contributed by atoms with Crippen molar-refractivity contribution in [3.05, 3.63) is 15.7 Å². The van der Waals surface area contributed by atoms with Gasteiger partial charge in [0, 0.05) is 6.54 Å². The van der Waals surface area contributed by atoms with Gasteiger partial charge in [0.1, 0.15) is 11.9 Å². The van der Waals surface area contributed by atoms with Gasteiger partial charge < -0.3 is 19.9 Å². The number of ether oxygens (including phenoxy) is 1. The summed E-state index contributed by atoms with van der Waals surface area (Å²) in [6, 6.07) is -0.669. The first-order valence-electron chi connectivity index (χ1n) is 7.79. The molecule has 0 spiro atoms. The van der Waals surface area contributed by atoms with Crippen LogP contribution in [0.2, 0.25) is 0 Å². The Balaban J connectivity index is 2.20. The van der Waals surface area contributed by atoms with Crippen LogP contribution in [0.4, 0.5) is 4.79 Å². The summed E-state index contributed by atoms with van der Waals surface area (Å²) < 4.78 is 5.59. The number of rotatable bonds is 4. The predicted octanol–water partition coefficient (Wildman–Crippen LogP) is 2.45. The smallest absolute Gasteiger partial charge is 0.407 e. The lowest BCUT2D eigenvalue weighted by Gasteiger charge is -2.37. The summed E-state index contributed by atoms with van der Waals surface area (Å²) in [7, 11) is 1.30. The van der Waals surface area contributed by atoms with Crippen molar-refractivity contribution in [1.82, 2.24) is 20.2 Å². The van der Waals surface area contributed by atoms with Crippen LogP contribution in [0.25, 0.3) is 0 Å². The maximum absolute atomic E-state index is 13.0. The summed E-state index contributed by atoms with van der Waals surface area (Å²) in [6.07, 6.45) is 4.07. The molecule has 2 N–H and O–H groups in total. The van der Waals surface area contributed by atoms with Gasteiger partial charge in [0.2, 0.25) is 5.91 Å². The molecule has 8 heteroatoms. The number of piperidine rings is 1. The molecule has 0 radical (unpaired) electrons. The van der Waals surface area contributed by atoms with E-state index in [0.29, 0.717) is 6.54 Å². The molecule has 2 amide bonds. The van der Waals surface area contributed by atoms with E-state index in [1.165, 1.54) is 7.11 Å². The fraction of sp³-hybridized carbons (Fsp3) is 0.667. The fourth-order valence-corrected chi connectivity index (χ4v) is 3.26. The van der Waals surface area contributed by atoms with Gasteiger partial charge in [0.15, 0.2) is 0 Å². The third-order valence-corrected chi connectivity index (χ3v) is 4.61. The van der Waals surface area contributed by atoms with Crippen molar-refractivity contribution >= 4 is 34.6 Å². The highest BCUT2D eigenvalue weighted by atomic mass is 127. The molecule has 0 unspecified atom stereocenters. The van der Waals surface area contributed by atoms with Gasteiger partial charge in [-0.2, -0.15) is 0 Å². The number of H-pyrrole nitrogens is 1. The number of amides is 2. The van der Waals surface area contributed by atoms with Gasteiger partial charge in [-0.3, -0.25) is 4.79 Å². The second-order valence-corrected chi connectivity index (χ2v) is 7.18. The minimum Gasteiger partial charge on any atom is -0.453 e. The third kappa shape index (κ3) is 4.36. The van der Waals surface area contributed by atoms with Gasteiger partial charge in [-0.1, -0.05) is 13.8 Å². The molecule has 2 atom stereocenters. The fourth-order valence-electron chi connectivity index (χ4n) is 2.84. The topological polar surface area (TPSA) is 87.3 Å². The number of nitrogens with zero attached hydrogens (tertiary/aromatic N) is 2. The first-order chi connectivity index (χ1) is 10.9. The number of hydrogen-bond donors (Lipinski definition) is 2. The average molecular weight is 434 g/mol. The first kappa shape index (κ1) is 18.0. The maximum atomic E-state index is 13.0. The summed E-state index contributed by atoms with van der Waals surface area (Å²) in [5, 5.41) is 2.66. The minimum absolute atomic E-state index is 0.0269. The number of nitrogens with one attached hydrogen (secondary N) is 2. The zero-order valence-corrected chi connectivity index (χ0v) is 15.8. The monoisotopic (exact) mass is 434 g/mol. The number of likely N-dealkylation sites (tertiary alicyclic amines) is 1. The Morgan fingerprint density at radius 3 is 2.78 bits per heavy atom. The van der Waals surface area contributed by atoms with Crippen LogP contribution in [0.5, 0.6) is 0 Å². The second kappa shape index (κ2) is 7.98. The molecule has 2 rings (SSSR count). The van der Waals surface area contributed by atoms with E-state index < -0.39 is 12.1 Å². The summed E-state index contributed by atoms with van der Waals surface area (Å²) in [5.74, 6) is 0.699. The summed E-state index contributed by atoms with van der Waals surface area (Å²) in [4.78, 5) is 34.0. The van der Waals surface area contributed by atoms with Crippen molar-refractivity contribution in [3.8, 4) is 0 Å². The predicted molar refractivity (Wildman–Crippen MR) is 93.8 cm³/mol. The van der Waals surface area contributed by atoms with Crippen LogP contribution in [-0.4, -0.2) is 46.6 Å². The number of imidazole rings is 1. The Morgan fingerprint density at radius 2 is 2.22 bits per heavy atom. The van der Waals surface area contributed by atoms with Crippen LogP contribution in [0.15, 0.2) is 6.20 Å². The number of halogens is 1.